The van der Waals surface area contributed by atoms with Gasteiger partial charge in [0.2, 0.25) is 0 Å². The molecule has 0 aliphatic carbocycles. The minimum Gasteiger partial charge on any atom is -0.480 e. The first kappa shape index (κ1) is 17.0. The zero-order valence-electron chi connectivity index (χ0n) is 13.4. The van der Waals surface area contributed by atoms with Crippen molar-refractivity contribution < 1.29 is 9.90 Å². The van der Waals surface area contributed by atoms with E-state index in [1.54, 1.807) is 0 Å². The summed E-state index contributed by atoms with van der Waals surface area (Å²) in [6.07, 6.45) is 0.848. The van der Waals surface area contributed by atoms with Gasteiger partial charge in [-0.25, -0.2) is 0 Å². The maximum atomic E-state index is 11.0. The van der Waals surface area contributed by atoms with Crippen LogP contribution >= 0.6 is 11.6 Å². The van der Waals surface area contributed by atoms with Crippen molar-refractivity contribution in [2.45, 2.75) is 12.5 Å². The predicted molar refractivity (Wildman–Crippen MR) is 96.5 cm³/mol. The number of nitrogens with one attached hydrogen (secondary N) is 1. The first-order valence-electron chi connectivity index (χ1n) is 8.13. The minimum absolute atomic E-state index is 0.106. The highest BCUT2D eigenvalue weighted by Gasteiger charge is 2.24. The first-order chi connectivity index (χ1) is 11.6. The van der Waals surface area contributed by atoms with Gasteiger partial charge in [0.05, 0.1) is 6.54 Å². The number of hydrogen-bond acceptors (Lipinski definition) is 3. The van der Waals surface area contributed by atoms with Gasteiger partial charge in [-0.05, 0) is 35.2 Å². The van der Waals surface area contributed by atoms with Crippen LogP contribution in [0.15, 0.2) is 48.5 Å². The van der Waals surface area contributed by atoms with Crippen LogP contribution in [0.5, 0.6) is 0 Å². The lowest BCUT2D eigenvalue weighted by atomic mass is 9.99. The zero-order chi connectivity index (χ0) is 16.9. The maximum absolute atomic E-state index is 11.0. The van der Waals surface area contributed by atoms with Crippen LogP contribution < -0.4 is 5.32 Å². The van der Waals surface area contributed by atoms with Crippen molar-refractivity contribution in [3.05, 3.63) is 59.1 Å². The van der Waals surface area contributed by atoms with Gasteiger partial charge < -0.3 is 10.4 Å². The molecule has 1 saturated heterocycles. The van der Waals surface area contributed by atoms with Gasteiger partial charge in [-0.2, -0.15) is 0 Å². The Morgan fingerprint density at radius 2 is 1.75 bits per heavy atom. The highest BCUT2D eigenvalue weighted by atomic mass is 35.5. The van der Waals surface area contributed by atoms with E-state index in [1.807, 2.05) is 29.2 Å². The molecule has 1 fully saturated rings. The minimum atomic E-state index is -0.764. The monoisotopic (exact) mass is 344 g/mol. The average Bonchev–Trinajstić information content (AvgIpc) is 2.58. The van der Waals surface area contributed by atoms with Gasteiger partial charge in [-0.3, -0.25) is 9.69 Å². The van der Waals surface area contributed by atoms with Crippen LogP contribution in [0.2, 0.25) is 5.02 Å². The topological polar surface area (TPSA) is 52.6 Å². The van der Waals surface area contributed by atoms with E-state index >= 15 is 0 Å². The third-order valence-electron chi connectivity index (χ3n) is 4.41. The normalized spacial score (nSPS) is 18.5. The van der Waals surface area contributed by atoms with Gasteiger partial charge in [-0.1, -0.05) is 48.0 Å². The predicted octanol–water partition coefficient (Wildman–Crippen LogP) is 2.91. The van der Waals surface area contributed by atoms with Crippen molar-refractivity contribution in [1.29, 1.82) is 0 Å². The van der Waals surface area contributed by atoms with Crippen LogP contribution in [-0.4, -0.2) is 48.2 Å². The summed E-state index contributed by atoms with van der Waals surface area (Å²) in [5.74, 6) is -0.764. The van der Waals surface area contributed by atoms with Crippen LogP contribution in [0.3, 0.4) is 0 Å². The Labute approximate surface area is 147 Å². The van der Waals surface area contributed by atoms with Gasteiger partial charge in [0, 0.05) is 30.7 Å². The van der Waals surface area contributed by atoms with E-state index in [0.717, 1.165) is 42.2 Å². The first-order valence-corrected chi connectivity index (χ1v) is 8.51. The summed E-state index contributed by atoms with van der Waals surface area (Å²) in [5.41, 5.74) is 3.51. The molecule has 1 heterocycles. The fourth-order valence-corrected chi connectivity index (χ4v) is 3.26. The molecule has 0 amide bonds. The number of rotatable bonds is 5. The second-order valence-electron chi connectivity index (χ2n) is 6.13. The molecule has 0 radical (unpaired) electrons. The van der Waals surface area contributed by atoms with Crippen molar-refractivity contribution in [3.8, 4) is 11.1 Å². The number of halogens is 1. The van der Waals surface area contributed by atoms with E-state index in [9.17, 15) is 4.79 Å². The molecular weight excluding hydrogens is 324 g/mol. The number of nitrogens with zero attached hydrogens (tertiary/aromatic N) is 1. The quantitative estimate of drug-likeness (QED) is 0.875. The molecule has 0 bridgehead atoms. The Morgan fingerprint density at radius 1 is 1.12 bits per heavy atom. The maximum Gasteiger partial charge on any atom is 0.317 e. The number of carbonyl (C=O) groups is 1. The molecule has 1 aliphatic heterocycles. The van der Waals surface area contributed by atoms with Gasteiger partial charge >= 0.3 is 5.97 Å². The molecule has 2 aromatic carbocycles. The lowest BCUT2D eigenvalue weighted by Gasteiger charge is -2.35. The summed E-state index contributed by atoms with van der Waals surface area (Å²) < 4.78 is 0. The molecule has 0 saturated carbocycles. The number of carboxylic acids is 1. The fourth-order valence-electron chi connectivity index (χ4n) is 3.13. The molecule has 4 nitrogen and oxygen atoms in total. The lowest BCUT2D eigenvalue weighted by Crippen LogP contribution is -2.53. The van der Waals surface area contributed by atoms with Crippen LogP contribution in [0.4, 0.5) is 0 Å². The van der Waals surface area contributed by atoms with E-state index in [2.05, 4.69) is 29.6 Å². The van der Waals surface area contributed by atoms with E-state index in [-0.39, 0.29) is 12.6 Å². The highest BCUT2D eigenvalue weighted by Crippen LogP contribution is 2.22. The highest BCUT2D eigenvalue weighted by molar-refractivity contribution is 6.30. The third-order valence-corrected chi connectivity index (χ3v) is 4.67. The Kier molecular flexibility index (Phi) is 5.51. The third kappa shape index (κ3) is 4.35. The van der Waals surface area contributed by atoms with Crippen LogP contribution in [0.25, 0.3) is 11.1 Å². The second kappa shape index (κ2) is 7.79. The van der Waals surface area contributed by atoms with Gasteiger partial charge in [-0.15, -0.1) is 0 Å². The van der Waals surface area contributed by atoms with Crippen molar-refractivity contribution in [2.24, 2.45) is 0 Å². The molecule has 126 valence electrons. The molecule has 2 N–H and O–H groups in total. The number of carboxylic acid groups (broad SMARTS) is 1. The van der Waals surface area contributed by atoms with Crippen molar-refractivity contribution >= 4 is 17.6 Å². The summed E-state index contributed by atoms with van der Waals surface area (Å²) in [6.45, 7) is 2.56. The smallest absolute Gasteiger partial charge is 0.317 e. The van der Waals surface area contributed by atoms with Crippen LogP contribution in [0.1, 0.15) is 5.56 Å². The summed E-state index contributed by atoms with van der Waals surface area (Å²) in [6, 6.07) is 16.5. The molecule has 24 heavy (non-hydrogen) atoms. The Morgan fingerprint density at radius 3 is 2.38 bits per heavy atom. The lowest BCUT2D eigenvalue weighted by molar-refractivity contribution is -0.139. The van der Waals surface area contributed by atoms with E-state index in [1.165, 1.54) is 5.56 Å². The van der Waals surface area contributed by atoms with E-state index in [0.29, 0.717) is 0 Å². The molecule has 5 heteroatoms. The average molecular weight is 345 g/mol. The largest absolute Gasteiger partial charge is 0.480 e. The van der Waals surface area contributed by atoms with Crippen molar-refractivity contribution in [2.75, 3.05) is 26.2 Å². The number of piperazine rings is 1. The summed E-state index contributed by atoms with van der Waals surface area (Å²) >= 11 is 5.93. The van der Waals surface area contributed by atoms with E-state index in [4.69, 9.17) is 16.7 Å². The molecule has 0 aromatic heterocycles. The Hall–Kier alpha value is -1.88. The Balaban J connectivity index is 1.68. The summed E-state index contributed by atoms with van der Waals surface area (Å²) in [4.78, 5) is 13.1. The molecule has 0 spiro atoms. The fraction of sp³-hybridized carbons (Fsp3) is 0.316. The van der Waals surface area contributed by atoms with Crippen LogP contribution in [0, 0.1) is 0 Å². The van der Waals surface area contributed by atoms with Crippen molar-refractivity contribution in [1.82, 2.24) is 10.2 Å². The molecular formula is C19H21ClN2O2. The number of hydrogen-bond donors (Lipinski definition) is 2. The second-order valence-corrected chi connectivity index (χ2v) is 6.57. The number of aliphatic carboxylic acids is 1. The SMILES string of the molecule is O=C(O)CN1CCNC[C@H]1Cc1ccc(-c2ccc(Cl)cc2)cc1. The Bertz CT molecular complexity index is 686. The van der Waals surface area contributed by atoms with Gasteiger partial charge in [0.25, 0.3) is 0 Å². The van der Waals surface area contributed by atoms with E-state index < -0.39 is 5.97 Å². The standard InChI is InChI=1S/C19H21ClN2O2/c20-17-7-5-16(6-8-17)15-3-1-14(2-4-15)11-18-12-21-9-10-22(18)13-19(23)24/h1-8,18,21H,9-13H2,(H,23,24)/t18-/m1/s1. The van der Waals surface area contributed by atoms with Gasteiger partial charge in [0.15, 0.2) is 0 Å². The molecule has 2 aromatic rings. The molecule has 3 rings (SSSR count). The zero-order valence-corrected chi connectivity index (χ0v) is 14.2. The van der Waals surface area contributed by atoms with Crippen molar-refractivity contribution in [3.63, 3.8) is 0 Å². The molecule has 1 aliphatic rings. The summed E-state index contributed by atoms with van der Waals surface area (Å²) in [5, 5.41) is 13.1. The molecule has 1 atom stereocenters. The summed E-state index contributed by atoms with van der Waals surface area (Å²) in [7, 11) is 0. The van der Waals surface area contributed by atoms with Crippen LogP contribution in [-0.2, 0) is 11.2 Å². The number of benzene rings is 2. The molecule has 0 unspecified atom stereocenters. The van der Waals surface area contributed by atoms with Gasteiger partial charge in [0.1, 0.15) is 0 Å².